The van der Waals surface area contributed by atoms with Gasteiger partial charge in [-0.15, -0.1) is 0 Å². The van der Waals surface area contributed by atoms with Crippen molar-refractivity contribution in [2.45, 2.75) is 26.8 Å². The van der Waals surface area contributed by atoms with Crippen molar-refractivity contribution in [1.29, 1.82) is 0 Å². The highest BCUT2D eigenvalue weighted by Gasteiger charge is 2.25. The van der Waals surface area contributed by atoms with Crippen LogP contribution in [-0.2, 0) is 0 Å². The number of hydrogen-bond donors (Lipinski definition) is 2. The number of nitrogens with two attached hydrogens (primary N) is 1. The van der Waals surface area contributed by atoms with Gasteiger partial charge in [-0.25, -0.2) is 0 Å². The van der Waals surface area contributed by atoms with Gasteiger partial charge in [0.1, 0.15) is 0 Å². The first-order valence-electron chi connectivity index (χ1n) is 4.43. The molecular weight excluding hydrogens is 162 g/mol. The van der Waals surface area contributed by atoms with Crippen LogP contribution in [0.15, 0.2) is 24.4 Å². The van der Waals surface area contributed by atoms with E-state index in [-0.39, 0.29) is 11.5 Å². The zero-order valence-corrected chi connectivity index (χ0v) is 8.41. The van der Waals surface area contributed by atoms with E-state index in [2.05, 4.69) is 31.2 Å². The maximum Gasteiger partial charge on any atom is 0.0680 e. The van der Waals surface area contributed by atoms with Crippen LogP contribution >= 0.6 is 0 Å². The van der Waals surface area contributed by atoms with E-state index in [1.54, 1.807) is 6.20 Å². The maximum atomic E-state index is 5.50. The van der Waals surface area contributed by atoms with Crippen LogP contribution in [0.2, 0.25) is 0 Å². The first-order chi connectivity index (χ1) is 6.05. The molecule has 3 N–H and O–H groups in total. The average molecular weight is 179 g/mol. The second-order valence-electron chi connectivity index (χ2n) is 4.22. The van der Waals surface area contributed by atoms with Crippen molar-refractivity contribution >= 4 is 0 Å². The molecule has 0 bridgehead atoms. The van der Waals surface area contributed by atoms with Crippen LogP contribution in [0.25, 0.3) is 0 Å². The molecule has 0 spiro atoms. The average Bonchev–Trinajstić information content (AvgIpc) is 2.05. The monoisotopic (exact) mass is 179 g/mol. The predicted octanol–water partition coefficient (Wildman–Crippen LogP) is 1.63. The fourth-order valence-corrected chi connectivity index (χ4v) is 1.33. The Kier molecular flexibility index (Phi) is 3.01. The van der Waals surface area contributed by atoms with Crippen molar-refractivity contribution in [2.75, 3.05) is 0 Å². The highest BCUT2D eigenvalue weighted by molar-refractivity contribution is 5.10. The van der Waals surface area contributed by atoms with Crippen LogP contribution in [0.4, 0.5) is 0 Å². The van der Waals surface area contributed by atoms with Crippen molar-refractivity contribution in [3.8, 4) is 0 Å². The number of rotatable bonds is 2. The van der Waals surface area contributed by atoms with E-state index in [0.717, 1.165) is 5.69 Å². The number of pyridine rings is 1. The molecule has 3 heteroatoms. The summed E-state index contributed by atoms with van der Waals surface area (Å²) in [5.74, 6) is 5.50. The Labute approximate surface area is 79.3 Å². The fourth-order valence-electron chi connectivity index (χ4n) is 1.33. The summed E-state index contributed by atoms with van der Waals surface area (Å²) in [6, 6.07) is 5.95. The molecule has 0 aliphatic heterocycles. The minimum absolute atomic E-state index is 0.0725. The fraction of sp³-hybridized carbons (Fsp3) is 0.500. The van der Waals surface area contributed by atoms with Crippen molar-refractivity contribution < 1.29 is 0 Å². The summed E-state index contributed by atoms with van der Waals surface area (Å²) in [5, 5.41) is 0. The molecule has 1 rings (SSSR count). The van der Waals surface area contributed by atoms with Gasteiger partial charge in [-0.05, 0) is 17.5 Å². The predicted molar refractivity (Wildman–Crippen MR) is 53.8 cm³/mol. The quantitative estimate of drug-likeness (QED) is 0.536. The Morgan fingerprint density at radius 1 is 1.38 bits per heavy atom. The highest BCUT2D eigenvalue weighted by Crippen LogP contribution is 2.30. The lowest BCUT2D eigenvalue weighted by Gasteiger charge is -2.29. The zero-order chi connectivity index (χ0) is 9.90. The molecule has 0 radical (unpaired) electrons. The van der Waals surface area contributed by atoms with Gasteiger partial charge in [0.15, 0.2) is 0 Å². The molecule has 1 aromatic rings. The van der Waals surface area contributed by atoms with E-state index in [9.17, 15) is 0 Å². The lowest BCUT2D eigenvalue weighted by Crippen LogP contribution is -2.37. The van der Waals surface area contributed by atoms with Gasteiger partial charge >= 0.3 is 0 Å². The molecule has 0 aliphatic rings. The minimum Gasteiger partial charge on any atom is -0.271 e. The Bertz CT molecular complexity index is 251. The van der Waals surface area contributed by atoms with Gasteiger partial charge in [-0.3, -0.25) is 16.3 Å². The number of nitrogens with zero attached hydrogens (tertiary/aromatic N) is 1. The maximum absolute atomic E-state index is 5.50. The number of hydrazine groups is 1. The van der Waals surface area contributed by atoms with Gasteiger partial charge in [-0.2, -0.15) is 0 Å². The first kappa shape index (κ1) is 10.2. The molecule has 1 atom stereocenters. The molecule has 0 aromatic carbocycles. The normalized spacial score (nSPS) is 14.2. The SMILES string of the molecule is CC(C)(C)C(NN)c1ccccn1. The number of aromatic nitrogens is 1. The molecule has 3 nitrogen and oxygen atoms in total. The molecule has 0 fully saturated rings. The van der Waals surface area contributed by atoms with E-state index < -0.39 is 0 Å². The van der Waals surface area contributed by atoms with Crippen LogP contribution in [-0.4, -0.2) is 4.98 Å². The van der Waals surface area contributed by atoms with Crippen LogP contribution in [0.1, 0.15) is 32.5 Å². The Balaban J connectivity index is 2.92. The first-order valence-corrected chi connectivity index (χ1v) is 4.43. The molecule has 0 saturated heterocycles. The summed E-state index contributed by atoms with van der Waals surface area (Å²) >= 11 is 0. The van der Waals surface area contributed by atoms with E-state index in [1.807, 2.05) is 18.2 Å². The van der Waals surface area contributed by atoms with Gasteiger partial charge in [0, 0.05) is 6.20 Å². The Hall–Kier alpha value is -0.930. The van der Waals surface area contributed by atoms with Gasteiger partial charge in [0.25, 0.3) is 0 Å². The third-order valence-corrected chi connectivity index (χ3v) is 2.02. The lowest BCUT2D eigenvalue weighted by atomic mass is 9.85. The number of hydrogen-bond acceptors (Lipinski definition) is 3. The van der Waals surface area contributed by atoms with Gasteiger partial charge < -0.3 is 0 Å². The van der Waals surface area contributed by atoms with Crippen molar-refractivity contribution in [3.63, 3.8) is 0 Å². The number of nitrogens with one attached hydrogen (secondary N) is 1. The molecule has 1 heterocycles. The summed E-state index contributed by atoms with van der Waals surface area (Å²) in [4.78, 5) is 4.27. The summed E-state index contributed by atoms with van der Waals surface area (Å²) in [6.45, 7) is 6.39. The lowest BCUT2D eigenvalue weighted by molar-refractivity contribution is 0.270. The van der Waals surface area contributed by atoms with E-state index in [4.69, 9.17) is 5.84 Å². The van der Waals surface area contributed by atoms with E-state index in [0.29, 0.717) is 0 Å². The molecule has 13 heavy (non-hydrogen) atoms. The second-order valence-corrected chi connectivity index (χ2v) is 4.22. The van der Waals surface area contributed by atoms with Crippen LogP contribution in [0.3, 0.4) is 0 Å². The van der Waals surface area contributed by atoms with Gasteiger partial charge in [-0.1, -0.05) is 26.8 Å². The standard InChI is InChI=1S/C10H17N3/c1-10(2,3)9(13-11)8-6-4-5-7-12-8/h4-7,9,13H,11H2,1-3H3. The van der Waals surface area contributed by atoms with Gasteiger partial charge in [0.2, 0.25) is 0 Å². The minimum atomic E-state index is 0.0725. The van der Waals surface area contributed by atoms with Crippen molar-refractivity contribution in [2.24, 2.45) is 11.3 Å². The van der Waals surface area contributed by atoms with Crippen molar-refractivity contribution in [1.82, 2.24) is 10.4 Å². The summed E-state index contributed by atoms with van der Waals surface area (Å²) in [5.41, 5.74) is 3.85. The largest absolute Gasteiger partial charge is 0.271 e. The van der Waals surface area contributed by atoms with E-state index >= 15 is 0 Å². The summed E-state index contributed by atoms with van der Waals surface area (Å²) in [7, 11) is 0. The van der Waals surface area contributed by atoms with E-state index in [1.165, 1.54) is 0 Å². The molecule has 1 aromatic heterocycles. The van der Waals surface area contributed by atoms with Crippen molar-refractivity contribution in [3.05, 3.63) is 30.1 Å². The highest BCUT2D eigenvalue weighted by atomic mass is 15.2. The third kappa shape index (κ3) is 2.50. The molecule has 0 aliphatic carbocycles. The molecule has 72 valence electrons. The molecular formula is C10H17N3. The smallest absolute Gasteiger partial charge is 0.0680 e. The van der Waals surface area contributed by atoms with Crippen LogP contribution in [0, 0.1) is 5.41 Å². The van der Waals surface area contributed by atoms with Crippen LogP contribution < -0.4 is 11.3 Å². The third-order valence-electron chi connectivity index (χ3n) is 2.02. The van der Waals surface area contributed by atoms with Crippen LogP contribution in [0.5, 0.6) is 0 Å². The summed E-state index contributed by atoms with van der Waals surface area (Å²) in [6.07, 6.45) is 1.78. The van der Waals surface area contributed by atoms with Gasteiger partial charge in [0.05, 0.1) is 11.7 Å². The molecule has 0 saturated carbocycles. The Morgan fingerprint density at radius 3 is 2.46 bits per heavy atom. The zero-order valence-electron chi connectivity index (χ0n) is 8.41. The topological polar surface area (TPSA) is 50.9 Å². The summed E-state index contributed by atoms with van der Waals surface area (Å²) < 4.78 is 0. The molecule has 1 unspecified atom stereocenters. The molecule has 0 amide bonds. The Morgan fingerprint density at radius 2 is 2.08 bits per heavy atom. The second kappa shape index (κ2) is 3.85.